The third-order valence-electron chi connectivity index (χ3n) is 5.60. The first-order chi connectivity index (χ1) is 12.9. The molecule has 0 aliphatic carbocycles. The molecule has 0 atom stereocenters. The Balaban J connectivity index is 0.00000280. The molecule has 0 saturated carbocycles. The molecule has 2 aliphatic rings. The minimum absolute atomic E-state index is 0. The van der Waals surface area contributed by atoms with E-state index in [-0.39, 0.29) is 34.4 Å². The number of methoxy groups -OCH3 is 1. The van der Waals surface area contributed by atoms with Gasteiger partial charge in [-0.05, 0) is 62.4 Å². The molecule has 2 aliphatic heterocycles. The summed E-state index contributed by atoms with van der Waals surface area (Å²) >= 11 is 0. The van der Waals surface area contributed by atoms with E-state index in [0.29, 0.717) is 25.2 Å². The van der Waals surface area contributed by atoms with Gasteiger partial charge in [-0.2, -0.15) is 4.31 Å². The van der Waals surface area contributed by atoms with Crippen molar-refractivity contribution in [1.82, 2.24) is 14.9 Å². The number of nitrogens with zero attached hydrogens (tertiary/aromatic N) is 1. The predicted octanol–water partition coefficient (Wildman–Crippen LogP) is 2.02. The van der Waals surface area contributed by atoms with Crippen LogP contribution in [-0.4, -0.2) is 58.5 Å². The highest BCUT2D eigenvalue weighted by Gasteiger charge is 2.31. The Morgan fingerprint density at radius 2 is 1.89 bits per heavy atom. The number of ether oxygens (including phenoxy) is 1. The van der Waals surface area contributed by atoms with E-state index in [1.54, 1.807) is 12.1 Å². The number of hydrogen-bond donors (Lipinski definition) is 2. The van der Waals surface area contributed by atoms with E-state index in [0.717, 1.165) is 38.8 Å². The highest BCUT2D eigenvalue weighted by atomic mass is 35.5. The van der Waals surface area contributed by atoms with Gasteiger partial charge in [-0.1, -0.05) is 6.92 Å². The van der Waals surface area contributed by atoms with Gasteiger partial charge in [-0.25, -0.2) is 8.42 Å². The highest BCUT2D eigenvalue weighted by Crippen LogP contribution is 2.30. The van der Waals surface area contributed by atoms with Gasteiger partial charge in [-0.15, -0.1) is 12.4 Å². The highest BCUT2D eigenvalue weighted by molar-refractivity contribution is 7.89. The smallest absolute Gasteiger partial charge is 0.251 e. The number of benzene rings is 1. The summed E-state index contributed by atoms with van der Waals surface area (Å²) in [6.45, 7) is 5.67. The molecular weight excluding hydrogens is 402 g/mol. The summed E-state index contributed by atoms with van der Waals surface area (Å²) in [6.07, 6.45) is 3.72. The van der Waals surface area contributed by atoms with Crippen LogP contribution in [0.3, 0.4) is 0 Å². The van der Waals surface area contributed by atoms with E-state index in [4.69, 9.17) is 4.74 Å². The average molecular weight is 432 g/mol. The van der Waals surface area contributed by atoms with Crippen molar-refractivity contribution in [3.63, 3.8) is 0 Å². The molecule has 2 N–H and O–H groups in total. The van der Waals surface area contributed by atoms with E-state index in [2.05, 4.69) is 17.6 Å². The lowest BCUT2D eigenvalue weighted by Crippen LogP contribution is -2.42. The number of sulfonamides is 1. The van der Waals surface area contributed by atoms with Gasteiger partial charge in [0.2, 0.25) is 10.0 Å². The number of nitrogens with one attached hydrogen (secondary N) is 2. The van der Waals surface area contributed by atoms with Crippen LogP contribution in [0, 0.1) is 5.41 Å². The third kappa shape index (κ3) is 4.97. The number of carbonyl (C=O) groups excluding carboxylic acids is 1. The first-order valence-electron chi connectivity index (χ1n) is 9.53. The maximum atomic E-state index is 13.0. The van der Waals surface area contributed by atoms with Crippen molar-refractivity contribution in [1.29, 1.82) is 0 Å². The minimum Gasteiger partial charge on any atom is -0.495 e. The van der Waals surface area contributed by atoms with Gasteiger partial charge in [0, 0.05) is 25.2 Å². The maximum absolute atomic E-state index is 13.0. The van der Waals surface area contributed by atoms with Gasteiger partial charge in [0.1, 0.15) is 10.6 Å². The van der Waals surface area contributed by atoms with Crippen LogP contribution in [0.25, 0.3) is 0 Å². The lowest BCUT2D eigenvalue weighted by Gasteiger charge is -2.34. The number of piperidine rings is 1. The van der Waals surface area contributed by atoms with Crippen molar-refractivity contribution in [2.24, 2.45) is 5.41 Å². The summed E-state index contributed by atoms with van der Waals surface area (Å²) < 4.78 is 32.6. The molecule has 2 saturated heterocycles. The molecule has 0 unspecified atom stereocenters. The third-order valence-corrected chi connectivity index (χ3v) is 7.51. The monoisotopic (exact) mass is 431 g/mol. The molecule has 0 aromatic heterocycles. The summed E-state index contributed by atoms with van der Waals surface area (Å²) in [5, 5.41) is 6.30. The van der Waals surface area contributed by atoms with Crippen molar-refractivity contribution in [2.45, 2.75) is 37.5 Å². The van der Waals surface area contributed by atoms with Crippen LogP contribution in [0.5, 0.6) is 5.75 Å². The summed E-state index contributed by atoms with van der Waals surface area (Å²) in [4.78, 5) is 12.7. The molecule has 1 aromatic rings. The molecule has 1 aromatic carbocycles. The Morgan fingerprint density at radius 3 is 2.50 bits per heavy atom. The van der Waals surface area contributed by atoms with Gasteiger partial charge in [-0.3, -0.25) is 4.79 Å². The van der Waals surface area contributed by atoms with Crippen LogP contribution >= 0.6 is 12.4 Å². The van der Waals surface area contributed by atoms with Gasteiger partial charge >= 0.3 is 0 Å². The minimum atomic E-state index is -3.66. The van der Waals surface area contributed by atoms with Crippen LogP contribution in [0.2, 0.25) is 0 Å². The quantitative estimate of drug-likeness (QED) is 0.719. The molecule has 3 rings (SSSR count). The van der Waals surface area contributed by atoms with Crippen molar-refractivity contribution >= 4 is 28.3 Å². The van der Waals surface area contributed by atoms with Gasteiger partial charge in [0.15, 0.2) is 0 Å². The second-order valence-corrected chi connectivity index (χ2v) is 9.63. The molecule has 0 bridgehead atoms. The van der Waals surface area contributed by atoms with Crippen LogP contribution in [0.15, 0.2) is 23.1 Å². The summed E-state index contributed by atoms with van der Waals surface area (Å²) in [5.41, 5.74) is 0.406. The number of amides is 1. The Bertz CT molecular complexity index is 788. The SMILES string of the molecule is COc1ccc(C(=O)NCC2(C)CCNCC2)cc1S(=O)(=O)N1CCCC1.Cl. The second kappa shape index (κ2) is 9.43. The lowest BCUT2D eigenvalue weighted by atomic mass is 9.81. The van der Waals surface area contributed by atoms with Crippen LogP contribution in [-0.2, 0) is 10.0 Å². The van der Waals surface area contributed by atoms with E-state index in [1.807, 2.05) is 0 Å². The van der Waals surface area contributed by atoms with Crippen molar-refractivity contribution in [3.05, 3.63) is 23.8 Å². The zero-order chi connectivity index (χ0) is 19.5. The molecular formula is C19H30ClN3O4S. The molecule has 28 heavy (non-hydrogen) atoms. The molecule has 2 heterocycles. The molecule has 9 heteroatoms. The number of carbonyl (C=O) groups is 1. The summed E-state index contributed by atoms with van der Waals surface area (Å²) in [5.74, 6) is 0.0130. The van der Waals surface area contributed by atoms with Crippen LogP contribution in [0.1, 0.15) is 43.0 Å². The lowest BCUT2D eigenvalue weighted by molar-refractivity contribution is 0.0922. The first kappa shape index (κ1) is 22.9. The largest absolute Gasteiger partial charge is 0.495 e. The zero-order valence-corrected chi connectivity index (χ0v) is 18.1. The zero-order valence-electron chi connectivity index (χ0n) is 16.5. The maximum Gasteiger partial charge on any atom is 0.251 e. The fourth-order valence-electron chi connectivity index (χ4n) is 3.69. The number of hydrogen-bond acceptors (Lipinski definition) is 5. The molecule has 0 spiro atoms. The summed E-state index contributed by atoms with van der Waals surface area (Å²) in [7, 11) is -2.22. The van der Waals surface area contributed by atoms with E-state index < -0.39 is 10.0 Å². The molecule has 7 nitrogen and oxygen atoms in total. The summed E-state index contributed by atoms with van der Waals surface area (Å²) in [6, 6.07) is 4.61. The molecule has 1 amide bonds. The van der Waals surface area contributed by atoms with Crippen molar-refractivity contribution in [2.75, 3.05) is 39.8 Å². The second-order valence-electron chi connectivity index (χ2n) is 7.72. The molecule has 158 valence electrons. The number of rotatable bonds is 6. The Kier molecular flexibility index (Phi) is 7.73. The van der Waals surface area contributed by atoms with Gasteiger partial charge < -0.3 is 15.4 Å². The van der Waals surface area contributed by atoms with Crippen LogP contribution in [0.4, 0.5) is 0 Å². The standard InChI is InChI=1S/C19H29N3O4S.ClH/c1-19(7-9-20-10-8-19)14-21-18(23)15-5-6-16(26-2)17(13-15)27(24,25)22-11-3-4-12-22;/h5-6,13,20H,3-4,7-12,14H2,1-2H3,(H,21,23);1H. The van der Waals surface area contributed by atoms with Gasteiger partial charge in [0.05, 0.1) is 7.11 Å². The Morgan fingerprint density at radius 1 is 1.25 bits per heavy atom. The van der Waals surface area contributed by atoms with E-state index in [1.165, 1.54) is 17.5 Å². The fraction of sp³-hybridized carbons (Fsp3) is 0.632. The number of halogens is 1. The Labute approximate surface area is 173 Å². The topological polar surface area (TPSA) is 87.7 Å². The fourth-order valence-corrected chi connectivity index (χ4v) is 5.39. The average Bonchev–Trinajstić information content (AvgIpc) is 3.22. The normalized spacial score (nSPS) is 19.6. The first-order valence-corrected chi connectivity index (χ1v) is 11.0. The van der Waals surface area contributed by atoms with E-state index in [9.17, 15) is 13.2 Å². The van der Waals surface area contributed by atoms with E-state index >= 15 is 0 Å². The van der Waals surface area contributed by atoms with Crippen molar-refractivity contribution in [3.8, 4) is 5.75 Å². The van der Waals surface area contributed by atoms with Crippen molar-refractivity contribution < 1.29 is 17.9 Å². The molecule has 0 radical (unpaired) electrons. The Hall–Kier alpha value is -1.35. The van der Waals surface area contributed by atoms with Gasteiger partial charge in [0.25, 0.3) is 5.91 Å². The molecule has 2 fully saturated rings. The van der Waals surface area contributed by atoms with Crippen LogP contribution < -0.4 is 15.4 Å². The predicted molar refractivity (Wildman–Crippen MR) is 111 cm³/mol.